The van der Waals surface area contributed by atoms with Gasteiger partial charge < -0.3 is 14.9 Å². The number of aliphatic carboxylic acids is 2. The van der Waals surface area contributed by atoms with Crippen molar-refractivity contribution in [3.05, 3.63) is 52.5 Å². The highest BCUT2D eigenvalue weighted by Gasteiger charge is 2.43. The molecule has 2 aromatic heterocycles. The molecule has 2 aliphatic rings. The molecule has 1 unspecified atom stereocenters. The summed E-state index contributed by atoms with van der Waals surface area (Å²) in [4.78, 5) is 24.6. The predicted molar refractivity (Wildman–Crippen MR) is 116 cm³/mol. The number of ether oxygens (including phenoxy) is 1. The highest BCUT2D eigenvalue weighted by atomic mass is 32.1. The Morgan fingerprint density at radius 2 is 1.67 bits per heavy atom. The van der Waals surface area contributed by atoms with Crippen molar-refractivity contribution in [3.63, 3.8) is 0 Å². The molecular formula is C22H24F6N2O5S. The maximum atomic E-state index is 10.6. The standard InChI is InChI=1S/C18H22N2OS.2C2HF3O2/c1-2-16(11-19-6-1)17-10-18(21-13-17)4-7-20(8-5-18)12-15-3-9-22-14-15;2*3-2(4,5)1(6)7/h1-3,6,9,11,14,17H,4-5,7-8,10,12-13H2;2*(H,6,7). The molecule has 4 rings (SSSR count). The Hall–Kier alpha value is -2.71. The van der Waals surface area contributed by atoms with Crippen LogP contribution in [0, 0.1) is 0 Å². The van der Waals surface area contributed by atoms with Crippen molar-refractivity contribution in [2.75, 3.05) is 19.7 Å². The summed E-state index contributed by atoms with van der Waals surface area (Å²) >= 11 is 1.79. The van der Waals surface area contributed by atoms with Crippen LogP contribution in [0.2, 0.25) is 0 Å². The average molecular weight is 542 g/mol. The van der Waals surface area contributed by atoms with Gasteiger partial charge in [-0.15, -0.1) is 0 Å². The van der Waals surface area contributed by atoms with E-state index in [0.717, 1.165) is 45.5 Å². The maximum Gasteiger partial charge on any atom is 0.490 e. The number of carbonyl (C=O) groups is 2. The van der Waals surface area contributed by atoms with Gasteiger partial charge in [-0.3, -0.25) is 9.88 Å². The molecule has 36 heavy (non-hydrogen) atoms. The minimum absolute atomic E-state index is 0.117. The van der Waals surface area contributed by atoms with Gasteiger partial charge in [0, 0.05) is 37.9 Å². The number of pyridine rings is 1. The number of piperidine rings is 1. The molecule has 0 amide bonds. The molecule has 0 aromatic carbocycles. The van der Waals surface area contributed by atoms with Crippen molar-refractivity contribution in [1.29, 1.82) is 0 Å². The Morgan fingerprint density at radius 3 is 2.11 bits per heavy atom. The van der Waals surface area contributed by atoms with Crippen LogP contribution in [-0.4, -0.2) is 69.7 Å². The van der Waals surface area contributed by atoms with Gasteiger partial charge in [0.05, 0.1) is 12.2 Å². The van der Waals surface area contributed by atoms with Crippen LogP contribution in [0.3, 0.4) is 0 Å². The molecule has 0 radical (unpaired) electrons. The molecule has 0 bridgehead atoms. The molecule has 200 valence electrons. The van der Waals surface area contributed by atoms with Crippen molar-refractivity contribution < 1.29 is 50.9 Å². The molecule has 2 N–H and O–H groups in total. The first-order valence-corrected chi connectivity index (χ1v) is 11.5. The summed E-state index contributed by atoms with van der Waals surface area (Å²) in [6.07, 6.45) is -2.84. The Morgan fingerprint density at radius 1 is 1.08 bits per heavy atom. The number of likely N-dealkylation sites (tertiary alicyclic amines) is 1. The lowest BCUT2D eigenvalue weighted by atomic mass is 9.83. The van der Waals surface area contributed by atoms with Gasteiger partial charge in [-0.25, -0.2) is 9.59 Å². The van der Waals surface area contributed by atoms with Crippen LogP contribution in [0.25, 0.3) is 0 Å². The van der Waals surface area contributed by atoms with Crippen LogP contribution in [0.15, 0.2) is 41.4 Å². The zero-order chi connectivity index (χ0) is 27.0. The Labute approximate surface area is 206 Å². The summed E-state index contributed by atoms with van der Waals surface area (Å²) in [5, 5.41) is 18.7. The second-order valence-corrected chi connectivity index (χ2v) is 8.98. The van der Waals surface area contributed by atoms with Gasteiger partial charge in [0.2, 0.25) is 0 Å². The predicted octanol–water partition coefficient (Wildman–Crippen LogP) is 4.95. The van der Waals surface area contributed by atoms with Gasteiger partial charge in [-0.2, -0.15) is 37.7 Å². The van der Waals surface area contributed by atoms with Crippen LogP contribution >= 0.6 is 11.3 Å². The van der Waals surface area contributed by atoms with Gasteiger partial charge in [-0.05, 0) is 53.3 Å². The zero-order valence-corrected chi connectivity index (χ0v) is 19.6. The van der Waals surface area contributed by atoms with Crippen molar-refractivity contribution >= 4 is 23.3 Å². The maximum absolute atomic E-state index is 10.6. The average Bonchev–Trinajstić information content (AvgIpc) is 3.46. The Bertz CT molecular complexity index is 938. The fourth-order valence-electron chi connectivity index (χ4n) is 3.78. The molecule has 4 heterocycles. The summed E-state index contributed by atoms with van der Waals surface area (Å²) in [7, 11) is 0. The van der Waals surface area contributed by atoms with Crippen molar-refractivity contribution in [2.45, 2.75) is 49.7 Å². The third-order valence-electron chi connectivity index (χ3n) is 5.60. The molecule has 0 saturated carbocycles. The lowest BCUT2D eigenvalue weighted by molar-refractivity contribution is -0.193. The molecule has 7 nitrogen and oxygen atoms in total. The van der Waals surface area contributed by atoms with E-state index >= 15 is 0 Å². The number of aromatic nitrogens is 1. The van der Waals surface area contributed by atoms with E-state index < -0.39 is 24.3 Å². The first kappa shape index (κ1) is 29.5. The monoisotopic (exact) mass is 542 g/mol. The van der Waals surface area contributed by atoms with Gasteiger partial charge in [0.15, 0.2) is 0 Å². The quantitative estimate of drug-likeness (QED) is 0.530. The molecule has 14 heteroatoms. The summed E-state index contributed by atoms with van der Waals surface area (Å²) in [5.74, 6) is -4.99. The van der Waals surface area contributed by atoms with Crippen molar-refractivity contribution in [2.24, 2.45) is 0 Å². The number of hydrogen-bond donors (Lipinski definition) is 2. The molecule has 1 atom stereocenters. The van der Waals surface area contributed by atoms with E-state index in [2.05, 4.69) is 32.8 Å². The smallest absolute Gasteiger partial charge is 0.475 e. The van der Waals surface area contributed by atoms with Crippen molar-refractivity contribution in [1.82, 2.24) is 9.88 Å². The number of hydrogen-bond acceptors (Lipinski definition) is 6. The highest BCUT2D eigenvalue weighted by Crippen LogP contribution is 2.42. The minimum Gasteiger partial charge on any atom is -0.475 e. The van der Waals surface area contributed by atoms with Gasteiger partial charge >= 0.3 is 24.3 Å². The van der Waals surface area contributed by atoms with E-state index in [0.29, 0.717) is 5.92 Å². The molecule has 0 aliphatic carbocycles. The van der Waals surface area contributed by atoms with Crippen LogP contribution in [0.4, 0.5) is 26.3 Å². The number of carboxylic acids is 2. The normalized spacial score (nSPS) is 19.6. The largest absolute Gasteiger partial charge is 0.490 e. The molecule has 2 fully saturated rings. The van der Waals surface area contributed by atoms with Crippen molar-refractivity contribution in [3.8, 4) is 0 Å². The van der Waals surface area contributed by atoms with E-state index in [1.165, 1.54) is 11.1 Å². The molecule has 2 aromatic rings. The lowest BCUT2D eigenvalue weighted by Crippen LogP contribution is -2.43. The Balaban J connectivity index is 0.000000271. The lowest BCUT2D eigenvalue weighted by Gasteiger charge is -2.38. The second kappa shape index (κ2) is 12.5. The van der Waals surface area contributed by atoms with E-state index in [4.69, 9.17) is 24.5 Å². The number of nitrogens with zero attached hydrogens (tertiary/aromatic N) is 2. The number of carboxylic acid groups (broad SMARTS) is 2. The Kier molecular flexibility index (Phi) is 10.3. The van der Waals surface area contributed by atoms with Crippen LogP contribution in [0.5, 0.6) is 0 Å². The van der Waals surface area contributed by atoms with Gasteiger partial charge in [0.25, 0.3) is 0 Å². The summed E-state index contributed by atoms with van der Waals surface area (Å²) < 4.78 is 69.8. The van der Waals surface area contributed by atoms with Crippen LogP contribution in [0.1, 0.15) is 36.3 Å². The zero-order valence-electron chi connectivity index (χ0n) is 18.8. The molecular weight excluding hydrogens is 518 g/mol. The fourth-order valence-corrected chi connectivity index (χ4v) is 4.44. The number of rotatable bonds is 3. The topological polar surface area (TPSA) is 100.0 Å². The summed E-state index contributed by atoms with van der Waals surface area (Å²) in [5.41, 5.74) is 2.90. The number of alkyl halides is 6. The molecule has 1 spiro atoms. The van der Waals surface area contributed by atoms with Crippen LogP contribution < -0.4 is 0 Å². The first-order valence-electron chi connectivity index (χ1n) is 10.6. The first-order chi connectivity index (χ1) is 16.7. The minimum atomic E-state index is -5.08. The number of thiophene rings is 1. The van der Waals surface area contributed by atoms with E-state index in [1.807, 2.05) is 18.5 Å². The third-order valence-corrected chi connectivity index (χ3v) is 6.34. The number of halogens is 6. The van der Waals surface area contributed by atoms with E-state index in [-0.39, 0.29) is 5.60 Å². The van der Waals surface area contributed by atoms with Gasteiger partial charge in [-0.1, -0.05) is 6.07 Å². The molecule has 2 aliphatic heterocycles. The third kappa shape index (κ3) is 9.39. The summed E-state index contributed by atoms with van der Waals surface area (Å²) in [6.45, 7) is 4.24. The van der Waals surface area contributed by atoms with Gasteiger partial charge in [0.1, 0.15) is 0 Å². The van der Waals surface area contributed by atoms with E-state index in [9.17, 15) is 26.3 Å². The van der Waals surface area contributed by atoms with Crippen LogP contribution in [-0.2, 0) is 20.9 Å². The fraction of sp³-hybridized carbons (Fsp3) is 0.500. The second-order valence-electron chi connectivity index (χ2n) is 8.19. The SMILES string of the molecule is O=C(O)C(F)(F)F.O=C(O)C(F)(F)F.c1cncc(C2COC3(CCN(Cc4ccsc4)CC3)C2)c1. The molecule has 2 saturated heterocycles. The van der Waals surface area contributed by atoms with E-state index in [1.54, 1.807) is 11.3 Å². The highest BCUT2D eigenvalue weighted by molar-refractivity contribution is 7.07. The summed E-state index contributed by atoms with van der Waals surface area (Å²) in [6, 6.07) is 6.45.